The second-order valence-electron chi connectivity index (χ2n) is 6.19. The van der Waals surface area contributed by atoms with Gasteiger partial charge in [-0.05, 0) is 12.1 Å². The number of ether oxygens (including phenoxy) is 1. The summed E-state index contributed by atoms with van der Waals surface area (Å²) in [5.74, 6) is 0.554. The maximum Gasteiger partial charge on any atom is 0.436 e. The molecule has 0 bridgehead atoms. The summed E-state index contributed by atoms with van der Waals surface area (Å²) in [6.45, 7) is 2.03. The molecular weight excluding hydrogens is 420 g/mol. The molecule has 1 atom stereocenters. The van der Waals surface area contributed by atoms with Crippen LogP contribution in [0.4, 0.5) is 18.9 Å². The molecule has 1 unspecified atom stereocenters. The van der Waals surface area contributed by atoms with E-state index >= 15 is 0 Å². The van der Waals surface area contributed by atoms with Gasteiger partial charge in [-0.2, -0.15) is 18.3 Å². The van der Waals surface area contributed by atoms with Crippen LogP contribution in [0.5, 0.6) is 5.75 Å². The first-order chi connectivity index (χ1) is 13.2. The first-order valence-electron chi connectivity index (χ1n) is 8.34. The SMILES string of the molecule is COc1cc(N2CCN(C(C=O)n3cc(Cl)c(C(F)(F)F)n3)CC2)ccc1Cl. The van der Waals surface area contributed by atoms with Crippen LogP contribution in [-0.4, -0.2) is 54.3 Å². The van der Waals surface area contributed by atoms with Gasteiger partial charge in [0.1, 0.15) is 5.75 Å². The van der Waals surface area contributed by atoms with Gasteiger partial charge >= 0.3 is 6.18 Å². The maximum absolute atomic E-state index is 12.9. The van der Waals surface area contributed by atoms with Crippen LogP contribution >= 0.6 is 23.2 Å². The Bertz CT molecular complexity index is 851. The van der Waals surface area contributed by atoms with Crippen molar-refractivity contribution in [3.05, 3.63) is 40.1 Å². The Morgan fingerprint density at radius 2 is 1.86 bits per heavy atom. The number of aldehydes is 1. The first-order valence-corrected chi connectivity index (χ1v) is 9.10. The number of carbonyl (C=O) groups is 1. The normalized spacial score (nSPS) is 16.9. The Morgan fingerprint density at radius 1 is 1.18 bits per heavy atom. The Labute approximate surface area is 169 Å². The third-order valence-electron chi connectivity index (χ3n) is 4.54. The fourth-order valence-electron chi connectivity index (χ4n) is 3.10. The molecular formula is C17H17Cl2F3N4O2. The van der Waals surface area contributed by atoms with Crippen molar-refractivity contribution in [3.63, 3.8) is 0 Å². The van der Waals surface area contributed by atoms with Crippen molar-refractivity contribution >= 4 is 35.2 Å². The van der Waals surface area contributed by atoms with E-state index in [0.29, 0.717) is 43.2 Å². The molecule has 0 radical (unpaired) electrons. The van der Waals surface area contributed by atoms with E-state index < -0.39 is 23.1 Å². The predicted molar refractivity (Wildman–Crippen MR) is 99.1 cm³/mol. The predicted octanol–water partition coefficient (Wildman–Crippen LogP) is 3.74. The molecule has 0 aliphatic carbocycles. The van der Waals surface area contributed by atoms with E-state index in [9.17, 15) is 18.0 Å². The van der Waals surface area contributed by atoms with Gasteiger partial charge in [0, 0.05) is 44.1 Å². The molecule has 11 heteroatoms. The molecule has 0 spiro atoms. The van der Waals surface area contributed by atoms with Crippen LogP contribution in [-0.2, 0) is 11.0 Å². The van der Waals surface area contributed by atoms with Gasteiger partial charge in [-0.1, -0.05) is 23.2 Å². The summed E-state index contributed by atoms with van der Waals surface area (Å²) in [7, 11) is 1.53. The summed E-state index contributed by atoms with van der Waals surface area (Å²) in [5.41, 5.74) is -0.294. The third kappa shape index (κ3) is 4.21. The minimum Gasteiger partial charge on any atom is -0.495 e. The highest BCUT2D eigenvalue weighted by Gasteiger charge is 2.38. The average Bonchev–Trinajstić information content (AvgIpc) is 3.05. The van der Waals surface area contributed by atoms with E-state index in [1.165, 1.54) is 7.11 Å². The highest BCUT2D eigenvalue weighted by Crippen LogP contribution is 2.34. The molecule has 1 aliphatic rings. The van der Waals surface area contributed by atoms with Gasteiger partial charge in [0.25, 0.3) is 0 Å². The molecule has 0 N–H and O–H groups in total. The Balaban J connectivity index is 1.72. The van der Waals surface area contributed by atoms with Gasteiger partial charge in [-0.25, -0.2) is 4.68 Å². The monoisotopic (exact) mass is 436 g/mol. The number of rotatable bonds is 5. The molecule has 0 saturated carbocycles. The zero-order valence-corrected chi connectivity index (χ0v) is 16.3. The lowest BCUT2D eigenvalue weighted by Gasteiger charge is -2.38. The highest BCUT2D eigenvalue weighted by molar-refractivity contribution is 6.32. The number of benzene rings is 1. The van der Waals surface area contributed by atoms with Crippen molar-refractivity contribution in [2.75, 3.05) is 38.2 Å². The van der Waals surface area contributed by atoms with Crippen LogP contribution in [0.2, 0.25) is 10.0 Å². The van der Waals surface area contributed by atoms with E-state index in [1.54, 1.807) is 11.0 Å². The van der Waals surface area contributed by atoms with Gasteiger partial charge in [-0.15, -0.1) is 0 Å². The average molecular weight is 437 g/mol. The van der Waals surface area contributed by atoms with Gasteiger partial charge in [0.05, 0.1) is 17.2 Å². The number of anilines is 1. The van der Waals surface area contributed by atoms with E-state index in [2.05, 4.69) is 10.00 Å². The molecule has 3 rings (SSSR count). The molecule has 1 fully saturated rings. The van der Waals surface area contributed by atoms with Crippen LogP contribution in [0.3, 0.4) is 0 Å². The number of hydrogen-bond donors (Lipinski definition) is 0. The lowest BCUT2D eigenvalue weighted by Crippen LogP contribution is -2.49. The number of alkyl halides is 3. The highest BCUT2D eigenvalue weighted by atomic mass is 35.5. The second kappa shape index (κ2) is 8.18. The molecule has 6 nitrogen and oxygen atoms in total. The number of carbonyl (C=O) groups excluding carboxylic acids is 1. The van der Waals surface area contributed by atoms with Crippen molar-refractivity contribution in [1.82, 2.24) is 14.7 Å². The third-order valence-corrected chi connectivity index (χ3v) is 5.13. The number of piperazine rings is 1. The zero-order chi connectivity index (χ0) is 20.5. The zero-order valence-electron chi connectivity index (χ0n) is 14.8. The fraction of sp³-hybridized carbons (Fsp3) is 0.412. The molecule has 1 saturated heterocycles. The summed E-state index contributed by atoms with van der Waals surface area (Å²) in [4.78, 5) is 15.4. The standard InChI is InChI=1S/C17H17Cl2F3N4O2/c1-28-14-8-11(2-3-12(14)18)24-4-6-25(7-5-24)15(10-27)26-9-13(19)16(23-26)17(20,21)22/h2-3,8-10,15H,4-7H2,1H3. The Kier molecular flexibility index (Phi) is 6.07. The van der Waals surface area contributed by atoms with Crippen LogP contribution in [0.25, 0.3) is 0 Å². The largest absolute Gasteiger partial charge is 0.495 e. The van der Waals surface area contributed by atoms with Crippen LogP contribution in [0.15, 0.2) is 24.4 Å². The van der Waals surface area contributed by atoms with Crippen molar-refractivity contribution < 1.29 is 22.7 Å². The molecule has 152 valence electrons. The molecule has 28 heavy (non-hydrogen) atoms. The quantitative estimate of drug-likeness (QED) is 0.668. The van der Waals surface area contributed by atoms with Crippen molar-refractivity contribution in [3.8, 4) is 5.75 Å². The molecule has 0 amide bonds. The van der Waals surface area contributed by atoms with Crippen molar-refractivity contribution in [2.24, 2.45) is 0 Å². The summed E-state index contributed by atoms with van der Waals surface area (Å²) in [6, 6.07) is 5.42. The summed E-state index contributed by atoms with van der Waals surface area (Å²) in [5, 5.41) is 3.44. The lowest BCUT2D eigenvalue weighted by atomic mass is 10.2. The smallest absolute Gasteiger partial charge is 0.436 e. The summed E-state index contributed by atoms with van der Waals surface area (Å²) >= 11 is 11.7. The molecule has 1 aromatic carbocycles. The second-order valence-corrected chi connectivity index (χ2v) is 7.01. The van der Waals surface area contributed by atoms with E-state index in [4.69, 9.17) is 27.9 Å². The lowest BCUT2D eigenvalue weighted by molar-refractivity contribution is -0.142. The molecule has 1 aromatic heterocycles. The van der Waals surface area contributed by atoms with Crippen molar-refractivity contribution in [1.29, 1.82) is 0 Å². The van der Waals surface area contributed by atoms with Gasteiger partial charge < -0.3 is 9.64 Å². The number of aromatic nitrogens is 2. The van der Waals surface area contributed by atoms with Crippen LogP contribution in [0.1, 0.15) is 11.9 Å². The van der Waals surface area contributed by atoms with E-state index in [-0.39, 0.29) is 0 Å². The summed E-state index contributed by atoms with van der Waals surface area (Å²) < 4.78 is 44.9. The van der Waals surface area contributed by atoms with E-state index in [1.807, 2.05) is 12.1 Å². The van der Waals surface area contributed by atoms with Crippen molar-refractivity contribution in [2.45, 2.75) is 12.3 Å². The number of hydrogen-bond acceptors (Lipinski definition) is 5. The number of halogens is 5. The Hall–Kier alpha value is -1.97. The van der Waals surface area contributed by atoms with Gasteiger partial charge in [-0.3, -0.25) is 9.69 Å². The summed E-state index contributed by atoms with van der Waals surface area (Å²) in [6.07, 6.45) is -4.05. The van der Waals surface area contributed by atoms with E-state index in [0.717, 1.165) is 16.6 Å². The van der Waals surface area contributed by atoms with Gasteiger partial charge in [0.15, 0.2) is 18.1 Å². The number of nitrogens with zero attached hydrogens (tertiary/aromatic N) is 4. The minimum atomic E-state index is -4.68. The fourth-order valence-corrected chi connectivity index (χ4v) is 3.54. The maximum atomic E-state index is 12.9. The van der Waals surface area contributed by atoms with Crippen LogP contribution < -0.4 is 9.64 Å². The van der Waals surface area contributed by atoms with Gasteiger partial charge in [0.2, 0.25) is 0 Å². The Morgan fingerprint density at radius 3 is 2.39 bits per heavy atom. The molecule has 2 heterocycles. The minimum absolute atomic E-state index is 0.452. The number of methoxy groups -OCH3 is 1. The first kappa shape index (κ1) is 20.8. The topological polar surface area (TPSA) is 50.6 Å². The van der Waals surface area contributed by atoms with Crippen LogP contribution in [0, 0.1) is 0 Å². The molecule has 2 aromatic rings. The molecule has 1 aliphatic heterocycles.